The van der Waals surface area contributed by atoms with Crippen molar-refractivity contribution in [2.45, 2.75) is 26.8 Å². The fourth-order valence-corrected chi connectivity index (χ4v) is 3.76. The van der Waals surface area contributed by atoms with Gasteiger partial charge in [0.05, 0.1) is 12.1 Å². The number of piperazine rings is 1. The molecule has 1 aromatic heterocycles. The first kappa shape index (κ1) is 21.1. The van der Waals surface area contributed by atoms with Crippen LogP contribution in [-0.2, 0) is 17.8 Å². The molecule has 0 atom stereocenters. The van der Waals surface area contributed by atoms with Gasteiger partial charge in [-0.05, 0) is 30.5 Å². The maximum atomic E-state index is 11.9. The number of phenolic OH excluding ortho intramolecular Hbond substituents is 1. The Balaban J connectivity index is 1.76. The van der Waals surface area contributed by atoms with Crippen molar-refractivity contribution >= 4 is 16.9 Å². The third kappa shape index (κ3) is 4.86. The van der Waals surface area contributed by atoms with Crippen molar-refractivity contribution in [2.75, 3.05) is 39.3 Å². The highest BCUT2D eigenvalue weighted by Gasteiger charge is 2.23. The predicted molar refractivity (Wildman–Crippen MR) is 113 cm³/mol. The Morgan fingerprint density at radius 2 is 1.97 bits per heavy atom. The molecular formula is C22H29N3O4. The molecule has 7 heteroatoms. The Labute approximate surface area is 170 Å². The minimum atomic E-state index is -0.407. The van der Waals surface area contributed by atoms with Crippen LogP contribution in [0.25, 0.3) is 11.0 Å². The molecule has 1 aliphatic heterocycles. The highest BCUT2D eigenvalue weighted by atomic mass is 16.4. The van der Waals surface area contributed by atoms with E-state index in [1.807, 2.05) is 19.9 Å². The van der Waals surface area contributed by atoms with Gasteiger partial charge >= 0.3 is 5.63 Å². The van der Waals surface area contributed by atoms with E-state index in [1.165, 1.54) is 6.07 Å². The molecule has 2 heterocycles. The van der Waals surface area contributed by atoms with E-state index in [2.05, 4.69) is 21.7 Å². The zero-order chi connectivity index (χ0) is 21.0. The van der Waals surface area contributed by atoms with E-state index < -0.39 is 5.63 Å². The first-order valence-electron chi connectivity index (χ1n) is 10.0. The fraction of sp³-hybridized carbons (Fsp3) is 0.455. The van der Waals surface area contributed by atoms with Gasteiger partial charge in [0.1, 0.15) is 11.3 Å². The lowest BCUT2D eigenvalue weighted by atomic mass is 9.99. The second-order valence-corrected chi connectivity index (χ2v) is 7.49. The molecule has 156 valence electrons. The predicted octanol–water partition coefficient (Wildman–Crippen LogP) is 1.79. The van der Waals surface area contributed by atoms with Crippen LogP contribution in [0.4, 0.5) is 0 Å². The molecule has 1 fully saturated rings. The number of phenols is 1. The molecule has 0 saturated carbocycles. The monoisotopic (exact) mass is 399 g/mol. The number of fused-ring (bicyclic) bond motifs is 1. The number of rotatable bonds is 7. The SMILES string of the molecule is C=CCNC(=O)CN1CCN(Cc2c(O)c(CC)cc3c(C)cc(=O)oc23)CC1. The maximum Gasteiger partial charge on any atom is 0.336 e. The highest BCUT2D eigenvalue weighted by molar-refractivity contribution is 5.86. The van der Waals surface area contributed by atoms with Crippen LogP contribution in [0.15, 0.2) is 34.0 Å². The minimum absolute atomic E-state index is 0.00474. The van der Waals surface area contributed by atoms with Gasteiger partial charge in [-0.2, -0.15) is 0 Å². The summed E-state index contributed by atoms with van der Waals surface area (Å²) in [5.74, 6) is 0.204. The van der Waals surface area contributed by atoms with Gasteiger partial charge in [-0.3, -0.25) is 14.6 Å². The van der Waals surface area contributed by atoms with Crippen LogP contribution in [0.5, 0.6) is 5.75 Å². The van der Waals surface area contributed by atoms with Crippen molar-refractivity contribution in [1.82, 2.24) is 15.1 Å². The van der Waals surface area contributed by atoms with Crippen LogP contribution in [0, 0.1) is 6.92 Å². The van der Waals surface area contributed by atoms with E-state index in [0.29, 0.717) is 37.2 Å². The molecule has 0 aliphatic carbocycles. The van der Waals surface area contributed by atoms with Gasteiger partial charge in [-0.1, -0.05) is 13.0 Å². The standard InChI is InChI=1S/C22H29N3O4/c1-4-6-23-19(26)14-25-9-7-24(8-10-25)13-18-21(28)16(5-2)12-17-15(3)11-20(27)29-22(17)18/h4,11-12,28H,1,5-10,13-14H2,2-3H3,(H,23,26). The summed E-state index contributed by atoms with van der Waals surface area (Å²) in [6.07, 6.45) is 2.36. The van der Waals surface area contributed by atoms with Crippen molar-refractivity contribution in [3.8, 4) is 5.75 Å². The zero-order valence-corrected chi connectivity index (χ0v) is 17.2. The largest absolute Gasteiger partial charge is 0.507 e. The quantitative estimate of drug-likeness (QED) is 0.545. The Kier molecular flexibility index (Phi) is 6.71. The summed E-state index contributed by atoms with van der Waals surface area (Å²) in [4.78, 5) is 28.1. The molecule has 2 aromatic rings. The van der Waals surface area contributed by atoms with E-state index in [1.54, 1.807) is 6.08 Å². The number of hydrogen-bond acceptors (Lipinski definition) is 6. The number of carbonyl (C=O) groups is 1. The van der Waals surface area contributed by atoms with Crippen LogP contribution in [-0.4, -0.2) is 60.1 Å². The number of aromatic hydroxyl groups is 1. The average molecular weight is 399 g/mol. The van der Waals surface area contributed by atoms with Crippen molar-refractivity contribution < 1.29 is 14.3 Å². The number of amides is 1. The zero-order valence-electron chi connectivity index (χ0n) is 17.2. The molecule has 0 bridgehead atoms. The van der Waals surface area contributed by atoms with Gasteiger partial charge in [0.25, 0.3) is 0 Å². The molecule has 1 saturated heterocycles. The van der Waals surface area contributed by atoms with Gasteiger partial charge in [-0.25, -0.2) is 4.79 Å². The fourth-order valence-electron chi connectivity index (χ4n) is 3.76. The Morgan fingerprint density at radius 3 is 2.62 bits per heavy atom. The Bertz CT molecular complexity index is 959. The van der Waals surface area contributed by atoms with Crippen molar-refractivity contribution in [2.24, 2.45) is 0 Å². The van der Waals surface area contributed by atoms with Crippen LogP contribution in [0.2, 0.25) is 0 Å². The molecule has 0 radical (unpaired) electrons. The smallest absolute Gasteiger partial charge is 0.336 e. The highest BCUT2D eigenvalue weighted by Crippen LogP contribution is 2.33. The molecule has 1 aliphatic rings. The molecular weight excluding hydrogens is 370 g/mol. The summed E-state index contributed by atoms with van der Waals surface area (Å²) >= 11 is 0. The van der Waals surface area contributed by atoms with Crippen molar-refractivity contribution in [1.29, 1.82) is 0 Å². The normalized spacial score (nSPS) is 15.5. The topological polar surface area (TPSA) is 86.0 Å². The van der Waals surface area contributed by atoms with E-state index in [9.17, 15) is 14.7 Å². The summed E-state index contributed by atoms with van der Waals surface area (Å²) in [5.41, 5.74) is 2.42. The van der Waals surface area contributed by atoms with Gasteiger partial charge in [0.2, 0.25) is 5.91 Å². The number of carbonyl (C=O) groups excluding carboxylic acids is 1. The maximum absolute atomic E-state index is 11.9. The van der Waals surface area contributed by atoms with Crippen LogP contribution in [0.1, 0.15) is 23.6 Å². The molecule has 29 heavy (non-hydrogen) atoms. The molecule has 0 spiro atoms. The van der Waals surface area contributed by atoms with Gasteiger partial charge in [-0.15, -0.1) is 6.58 Å². The summed E-state index contributed by atoms with van der Waals surface area (Å²) in [7, 11) is 0. The second-order valence-electron chi connectivity index (χ2n) is 7.49. The third-order valence-electron chi connectivity index (χ3n) is 5.43. The van der Waals surface area contributed by atoms with Crippen molar-refractivity contribution in [3.63, 3.8) is 0 Å². The van der Waals surface area contributed by atoms with E-state index >= 15 is 0 Å². The lowest BCUT2D eigenvalue weighted by Crippen LogP contribution is -2.49. The lowest BCUT2D eigenvalue weighted by Gasteiger charge is -2.34. The summed E-state index contributed by atoms with van der Waals surface area (Å²) in [5, 5.41) is 14.5. The van der Waals surface area contributed by atoms with Gasteiger partial charge in [0, 0.05) is 50.7 Å². The van der Waals surface area contributed by atoms with Crippen LogP contribution < -0.4 is 10.9 Å². The summed E-state index contributed by atoms with van der Waals surface area (Å²) in [6.45, 7) is 11.9. The van der Waals surface area contributed by atoms with E-state index in [-0.39, 0.29) is 11.7 Å². The first-order chi connectivity index (χ1) is 13.9. The van der Waals surface area contributed by atoms with E-state index in [0.717, 1.165) is 42.7 Å². The number of benzene rings is 1. The molecule has 3 rings (SSSR count). The molecule has 2 N–H and O–H groups in total. The lowest BCUT2D eigenvalue weighted by molar-refractivity contribution is -0.122. The second kappa shape index (κ2) is 9.24. The number of nitrogens with zero attached hydrogens (tertiary/aromatic N) is 2. The van der Waals surface area contributed by atoms with Crippen LogP contribution in [0.3, 0.4) is 0 Å². The van der Waals surface area contributed by atoms with Gasteiger partial charge in [0.15, 0.2) is 0 Å². The molecule has 7 nitrogen and oxygen atoms in total. The first-order valence-corrected chi connectivity index (χ1v) is 10.0. The summed E-state index contributed by atoms with van der Waals surface area (Å²) in [6, 6.07) is 3.39. The van der Waals surface area contributed by atoms with E-state index in [4.69, 9.17) is 4.42 Å². The molecule has 1 aromatic carbocycles. The summed E-state index contributed by atoms with van der Waals surface area (Å²) < 4.78 is 5.49. The Hall–Kier alpha value is -2.64. The Morgan fingerprint density at radius 1 is 1.28 bits per heavy atom. The van der Waals surface area contributed by atoms with Crippen LogP contribution >= 0.6 is 0 Å². The minimum Gasteiger partial charge on any atom is -0.507 e. The van der Waals surface area contributed by atoms with Gasteiger partial charge < -0.3 is 14.8 Å². The number of hydrogen-bond donors (Lipinski definition) is 2. The van der Waals surface area contributed by atoms with Crippen molar-refractivity contribution in [3.05, 3.63) is 51.9 Å². The number of nitrogens with one attached hydrogen (secondary N) is 1. The third-order valence-corrected chi connectivity index (χ3v) is 5.43. The number of aryl methyl sites for hydroxylation is 2. The molecule has 1 amide bonds. The molecule has 0 unspecified atom stereocenters. The average Bonchev–Trinajstić information content (AvgIpc) is 2.70.